The Balaban J connectivity index is 1.66. The van der Waals surface area contributed by atoms with Crippen LogP contribution in [0.15, 0.2) is 72.8 Å². The number of amides is 1. The summed E-state index contributed by atoms with van der Waals surface area (Å²) < 4.78 is 11.2. The second-order valence-corrected chi connectivity index (χ2v) is 7.19. The molecular formula is C24H24ClNO3. The van der Waals surface area contributed by atoms with Crippen LogP contribution in [0.1, 0.15) is 40.0 Å². The van der Waals surface area contributed by atoms with Gasteiger partial charge in [-0.15, -0.1) is 0 Å². The van der Waals surface area contributed by atoms with E-state index in [2.05, 4.69) is 5.32 Å². The highest BCUT2D eigenvalue weighted by atomic mass is 35.5. The molecule has 3 aromatic carbocycles. The minimum Gasteiger partial charge on any atom is -0.496 e. The molecule has 150 valence electrons. The van der Waals surface area contributed by atoms with Crippen LogP contribution in [0.5, 0.6) is 5.75 Å². The fraction of sp³-hybridized carbons (Fsp3) is 0.208. The van der Waals surface area contributed by atoms with Crippen molar-refractivity contribution >= 4 is 17.5 Å². The molecule has 0 aliphatic carbocycles. The van der Waals surface area contributed by atoms with Crippen molar-refractivity contribution < 1.29 is 14.3 Å². The third-order valence-corrected chi connectivity index (χ3v) is 4.88. The summed E-state index contributed by atoms with van der Waals surface area (Å²) in [4.78, 5) is 12.7. The highest BCUT2D eigenvalue weighted by molar-refractivity contribution is 6.30. The predicted octanol–water partition coefficient (Wildman–Crippen LogP) is 5.56. The van der Waals surface area contributed by atoms with E-state index in [0.29, 0.717) is 29.5 Å². The fourth-order valence-corrected chi connectivity index (χ4v) is 3.13. The molecule has 29 heavy (non-hydrogen) atoms. The molecule has 0 heterocycles. The number of halogens is 1. The number of carbonyl (C=O) groups excluding carboxylic acids is 1. The number of hydrogen-bond acceptors (Lipinski definition) is 3. The van der Waals surface area contributed by atoms with Crippen LogP contribution in [0.2, 0.25) is 5.02 Å². The monoisotopic (exact) mass is 409 g/mol. The van der Waals surface area contributed by atoms with Crippen molar-refractivity contribution in [2.24, 2.45) is 0 Å². The number of rotatable bonds is 8. The van der Waals surface area contributed by atoms with Gasteiger partial charge in [-0.25, -0.2) is 0 Å². The van der Waals surface area contributed by atoms with Crippen molar-refractivity contribution in [1.29, 1.82) is 0 Å². The number of benzene rings is 3. The second-order valence-electron chi connectivity index (χ2n) is 6.75. The van der Waals surface area contributed by atoms with E-state index in [-0.39, 0.29) is 11.9 Å². The SMILES string of the molecule is COc1ccc(C(=O)NC(C)c2ccc(Cl)cc2)cc1COCc1ccccc1. The van der Waals surface area contributed by atoms with Gasteiger partial charge < -0.3 is 14.8 Å². The molecule has 0 spiro atoms. The van der Waals surface area contributed by atoms with E-state index in [9.17, 15) is 4.79 Å². The number of carbonyl (C=O) groups is 1. The molecule has 1 unspecified atom stereocenters. The quantitative estimate of drug-likeness (QED) is 0.530. The van der Waals surface area contributed by atoms with Crippen molar-refractivity contribution in [3.8, 4) is 5.75 Å². The number of methoxy groups -OCH3 is 1. The maximum absolute atomic E-state index is 12.7. The van der Waals surface area contributed by atoms with Crippen LogP contribution in [0.4, 0.5) is 0 Å². The number of hydrogen-bond donors (Lipinski definition) is 1. The number of ether oxygens (including phenoxy) is 2. The normalized spacial score (nSPS) is 11.7. The molecule has 3 aromatic rings. The lowest BCUT2D eigenvalue weighted by molar-refractivity contribution is 0.0937. The average Bonchev–Trinajstić information content (AvgIpc) is 2.74. The molecule has 0 radical (unpaired) electrons. The van der Waals surface area contributed by atoms with E-state index in [1.165, 1.54) is 0 Å². The first-order chi connectivity index (χ1) is 14.1. The summed E-state index contributed by atoms with van der Waals surface area (Å²) in [6.07, 6.45) is 0. The van der Waals surface area contributed by atoms with Crippen molar-refractivity contribution in [3.05, 3.63) is 100 Å². The maximum atomic E-state index is 12.7. The molecule has 0 bridgehead atoms. The average molecular weight is 410 g/mol. The summed E-state index contributed by atoms with van der Waals surface area (Å²) in [6, 6.07) is 22.6. The molecule has 0 aliphatic heterocycles. The highest BCUT2D eigenvalue weighted by Gasteiger charge is 2.14. The van der Waals surface area contributed by atoms with Gasteiger partial charge in [0.15, 0.2) is 0 Å². The molecule has 1 atom stereocenters. The Bertz CT molecular complexity index is 942. The van der Waals surface area contributed by atoms with Crippen molar-refractivity contribution in [2.75, 3.05) is 7.11 Å². The van der Waals surface area contributed by atoms with Crippen LogP contribution in [0, 0.1) is 0 Å². The van der Waals surface area contributed by atoms with Crippen molar-refractivity contribution in [2.45, 2.75) is 26.2 Å². The zero-order valence-electron chi connectivity index (χ0n) is 16.5. The first-order valence-corrected chi connectivity index (χ1v) is 9.79. The lowest BCUT2D eigenvalue weighted by Crippen LogP contribution is -2.26. The predicted molar refractivity (Wildman–Crippen MR) is 115 cm³/mol. The molecule has 5 heteroatoms. The van der Waals surface area contributed by atoms with E-state index in [4.69, 9.17) is 21.1 Å². The smallest absolute Gasteiger partial charge is 0.251 e. The van der Waals surface area contributed by atoms with Crippen LogP contribution in [-0.4, -0.2) is 13.0 Å². The van der Waals surface area contributed by atoms with E-state index in [1.807, 2.05) is 67.6 Å². The van der Waals surface area contributed by atoms with Gasteiger partial charge in [0.2, 0.25) is 0 Å². The van der Waals surface area contributed by atoms with Crippen LogP contribution >= 0.6 is 11.6 Å². The van der Waals surface area contributed by atoms with Crippen LogP contribution < -0.4 is 10.1 Å². The largest absolute Gasteiger partial charge is 0.496 e. The molecule has 0 aromatic heterocycles. The van der Waals surface area contributed by atoms with Gasteiger partial charge in [0.25, 0.3) is 5.91 Å². The van der Waals surface area contributed by atoms with Crippen molar-refractivity contribution in [1.82, 2.24) is 5.32 Å². The second kappa shape index (κ2) is 10.1. The van der Waals surface area contributed by atoms with Gasteiger partial charge in [-0.05, 0) is 48.4 Å². The third kappa shape index (κ3) is 5.83. The molecule has 1 N–H and O–H groups in total. The molecule has 4 nitrogen and oxygen atoms in total. The Morgan fingerprint density at radius 3 is 2.41 bits per heavy atom. The molecule has 0 fully saturated rings. The van der Waals surface area contributed by atoms with Gasteiger partial charge in [-0.3, -0.25) is 4.79 Å². The molecule has 0 saturated heterocycles. The first-order valence-electron chi connectivity index (χ1n) is 9.41. The zero-order valence-corrected chi connectivity index (χ0v) is 17.3. The minimum absolute atomic E-state index is 0.139. The zero-order chi connectivity index (χ0) is 20.6. The minimum atomic E-state index is -0.153. The van der Waals surface area contributed by atoms with Crippen LogP contribution in [0.3, 0.4) is 0 Å². The summed E-state index contributed by atoms with van der Waals surface area (Å²) in [7, 11) is 1.61. The number of nitrogens with one attached hydrogen (secondary N) is 1. The molecule has 0 saturated carbocycles. The van der Waals surface area contributed by atoms with E-state index in [0.717, 1.165) is 16.7 Å². The molecule has 0 aliphatic rings. The molecule has 1 amide bonds. The lowest BCUT2D eigenvalue weighted by atomic mass is 10.1. The van der Waals surface area contributed by atoms with Gasteiger partial charge in [0.05, 0.1) is 26.4 Å². The summed E-state index contributed by atoms with van der Waals surface area (Å²) in [6.45, 7) is 2.79. The van der Waals surface area contributed by atoms with E-state index in [1.54, 1.807) is 19.2 Å². The Kier molecular flexibility index (Phi) is 7.28. The van der Waals surface area contributed by atoms with Gasteiger partial charge in [0.1, 0.15) is 5.75 Å². The van der Waals surface area contributed by atoms with E-state index < -0.39 is 0 Å². The summed E-state index contributed by atoms with van der Waals surface area (Å²) in [5.41, 5.74) is 3.47. The van der Waals surface area contributed by atoms with Gasteiger partial charge in [0, 0.05) is 16.1 Å². The van der Waals surface area contributed by atoms with Gasteiger partial charge in [-0.2, -0.15) is 0 Å². The lowest BCUT2D eigenvalue weighted by Gasteiger charge is -2.16. The first kappa shape index (κ1) is 20.9. The van der Waals surface area contributed by atoms with Gasteiger partial charge >= 0.3 is 0 Å². The van der Waals surface area contributed by atoms with Crippen LogP contribution in [0.25, 0.3) is 0 Å². The standard InChI is InChI=1S/C24H24ClNO3/c1-17(19-8-11-22(25)12-9-19)26-24(27)20-10-13-23(28-2)21(14-20)16-29-15-18-6-4-3-5-7-18/h3-14,17H,15-16H2,1-2H3,(H,26,27). The summed E-state index contributed by atoms with van der Waals surface area (Å²) >= 11 is 5.93. The Labute approximate surface area is 176 Å². The Morgan fingerprint density at radius 2 is 1.72 bits per heavy atom. The van der Waals surface area contributed by atoms with Gasteiger partial charge in [-0.1, -0.05) is 54.1 Å². The fourth-order valence-electron chi connectivity index (χ4n) is 3.00. The Hall–Kier alpha value is -2.82. The van der Waals surface area contributed by atoms with E-state index >= 15 is 0 Å². The topological polar surface area (TPSA) is 47.6 Å². The van der Waals surface area contributed by atoms with Crippen LogP contribution in [-0.2, 0) is 18.0 Å². The Morgan fingerprint density at radius 1 is 1.00 bits per heavy atom. The maximum Gasteiger partial charge on any atom is 0.251 e. The highest BCUT2D eigenvalue weighted by Crippen LogP contribution is 2.22. The third-order valence-electron chi connectivity index (χ3n) is 4.63. The summed E-state index contributed by atoms with van der Waals surface area (Å²) in [5, 5.41) is 3.68. The van der Waals surface area contributed by atoms with Crippen molar-refractivity contribution in [3.63, 3.8) is 0 Å². The summed E-state index contributed by atoms with van der Waals surface area (Å²) in [5.74, 6) is 0.541. The molecular weight excluding hydrogens is 386 g/mol. The molecule has 3 rings (SSSR count).